The maximum Gasteiger partial charge on any atom is 0.236 e. The highest BCUT2D eigenvalue weighted by atomic mass is 35.5. The number of rotatable bonds is 2. The van der Waals surface area contributed by atoms with Crippen molar-refractivity contribution < 1.29 is 9.59 Å². The summed E-state index contributed by atoms with van der Waals surface area (Å²) in [5, 5.41) is 0. The van der Waals surface area contributed by atoms with Gasteiger partial charge in [-0.25, -0.2) is 0 Å². The van der Waals surface area contributed by atoms with Crippen molar-refractivity contribution in [3.05, 3.63) is 0 Å². The first-order chi connectivity index (χ1) is 8.56. The molecule has 2 aliphatic heterocycles. The van der Waals surface area contributed by atoms with Crippen LogP contribution in [0, 0.1) is 0 Å². The van der Waals surface area contributed by atoms with Crippen LogP contribution < -0.4 is 5.73 Å². The summed E-state index contributed by atoms with van der Waals surface area (Å²) in [6.45, 7) is 6.38. The zero-order chi connectivity index (χ0) is 13.1. The van der Waals surface area contributed by atoms with Gasteiger partial charge in [-0.15, -0.1) is 12.4 Å². The second-order valence-electron chi connectivity index (χ2n) is 5.17. The lowest BCUT2D eigenvalue weighted by Crippen LogP contribution is -2.52. The topological polar surface area (TPSA) is 69.9 Å². The van der Waals surface area contributed by atoms with Crippen LogP contribution in [0.2, 0.25) is 0 Å². The molecule has 0 aromatic heterocycles. The molecule has 0 saturated carbocycles. The molecule has 110 valence electrons. The fourth-order valence-electron chi connectivity index (χ4n) is 2.57. The Morgan fingerprint density at radius 2 is 1.68 bits per heavy atom. The van der Waals surface area contributed by atoms with Gasteiger partial charge in [-0.3, -0.25) is 14.5 Å². The van der Waals surface area contributed by atoms with Crippen LogP contribution in [0.4, 0.5) is 0 Å². The van der Waals surface area contributed by atoms with Crippen molar-refractivity contribution in [2.24, 2.45) is 5.73 Å². The minimum atomic E-state index is 0. The molecule has 2 fully saturated rings. The first-order valence-electron chi connectivity index (χ1n) is 6.57. The van der Waals surface area contributed by atoms with E-state index in [9.17, 15) is 9.59 Å². The molecule has 7 heteroatoms. The zero-order valence-corrected chi connectivity index (χ0v) is 12.2. The minimum Gasteiger partial charge on any atom is -0.339 e. The van der Waals surface area contributed by atoms with Crippen LogP contribution >= 0.6 is 12.4 Å². The minimum absolute atomic E-state index is 0. The maximum absolute atomic E-state index is 12.1. The molecule has 0 aromatic carbocycles. The zero-order valence-electron chi connectivity index (χ0n) is 11.4. The van der Waals surface area contributed by atoms with E-state index < -0.39 is 0 Å². The fourth-order valence-corrected chi connectivity index (χ4v) is 2.57. The number of hydrogen-bond donors (Lipinski definition) is 1. The van der Waals surface area contributed by atoms with Gasteiger partial charge in [0.05, 0.1) is 6.54 Å². The molecular formula is C12H23ClN4O2. The molecule has 1 atom stereocenters. The van der Waals surface area contributed by atoms with Gasteiger partial charge in [0.15, 0.2) is 0 Å². The first kappa shape index (κ1) is 16.2. The second kappa shape index (κ2) is 7.07. The van der Waals surface area contributed by atoms with Gasteiger partial charge < -0.3 is 15.5 Å². The number of halogens is 1. The van der Waals surface area contributed by atoms with Crippen LogP contribution in [0.25, 0.3) is 0 Å². The number of nitrogens with zero attached hydrogens (tertiary/aromatic N) is 3. The third-order valence-electron chi connectivity index (χ3n) is 3.75. The Kier molecular flexibility index (Phi) is 6.03. The Bertz CT molecular complexity index is 332. The summed E-state index contributed by atoms with van der Waals surface area (Å²) in [6.07, 6.45) is 0.978. The molecule has 2 N–H and O–H groups in total. The number of likely N-dealkylation sites (tertiary alicyclic amines) is 1. The summed E-state index contributed by atoms with van der Waals surface area (Å²) in [4.78, 5) is 29.0. The molecule has 0 spiro atoms. The molecule has 0 aliphatic carbocycles. The lowest BCUT2D eigenvalue weighted by atomic mass is 10.3. The van der Waals surface area contributed by atoms with Crippen molar-refractivity contribution in [3.63, 3.8) is 0 Å². The molecule has 1 unspecified atom stereocenters. The van der Waals surface area contributed by atoms with Gasteiger partial charge in [0.1, 0.15) is 0 Å². The Labute approximate surface area is 120 Å². The SMILES string of the molecule is CC(=O)N1CCN(C(=O)CN2CCC(N)C2)CC1.Cl. The normalized spacial score (nSPS) is 24.2. The Morgan fingerprint density at radius 3 is 2.16 bits per heavy atom. The van der Waals surface area contributed by atoms with E-state index in [0.29, 0.717) is 32.7 Å². The van der Waals surface area contributed by atoms with Gasteiger partial charge in [-0.2, -0.15) is 0 Å². The summed E-state index contributed by atoms with van der Waals surface area (Å²) in [5.41, 5.74) is 5.82. The lowest BCUT2D eigenvalue weighted by Gasteiger charge is -2.35. The van der Waals surface area contributed by atoms with E-state index in [1.54, 1.807) is 11.8 Å². The second-order valence-corrected chi connectivity index (χ2v) is 5.17. The highest BCUT2D eigenvalue weighted by molar-refractivity contribution is 5.85. The van der Waals surface area contributed by atoms with Crippen LogP contribution in [0.5, 0.6) is 0 Å². The molecule has 2 saturated heterocycles. The highest BCUT2D eigenvalue weighted by Gasteiger charge is 2.26. The standard InChI is InChI=1S/C12H22N4O2.ClH/c1-10(17)15-4-6-16(7-5-15)12(18)9-14-3-2-11(13)8-14;/h11H,2-9,13H2,1H3;1H. The van der Waals surface area contributed by atoms with E-state index in [-0.39, 0.29) is 30.3 Å². The molecule has 2 aliphatic rings. The molecular weight excluding hydrogens is 268 g/mol. The van der Waals surface area contributed by atoms with Crippen molar-refractivity contribution in [1.82, 2.24) is 14.7 Å². The number of amides is 2. The van der Waals surface area contributed by atoms with E-state index in [2.05, 4.69) is 4.90 Å². The third-order valence-corrected chi connectivity index (χ3v) is 3.75. The van der Waals surface area contributed by atoms with Crippen LogP contribution in [0.15, 0.2) is 0 Å². The van der Waals surface area contributed by atoms with E-state index in [0.717, 1.165) is 19.5 Å². The number of hydrogen-bond acceptors (Lipinski definition) is 4. The predicted octanol–water partition coefficient (Wildman–Crippen LogP) is -0.868. The highest BCUT2D eigenvalue weighted by Crippen LogP contribution is 2.08. The quantitative estimate of drug-likeness (QED) is 0.718. The number of carbonyl (C=O) groups excluding carboxylic acids is 2. The summed E-state index contributed by atoms with van der Waals surface area (Å²) >= 11 is 0. The Hall–Kier alpha value is -0.850. The van der Waals surface area contributed by atoms with Crippen molar-refractivity contribution in [1.29, 1.82) is 0 Å². The molecule has 0 bridgehead atoms. The van der Waals surface area contributed by atoms with Gasteiger partial charge in [0.25, 0.3) is 0 Å². The molecule has 0 aromatic rings. The number of carbonyl (C=O) groups is 2. The summed E-state index contributed by atoms with van der Waals surface area (Å²) in [7, 11) is 0. The average Bonchev–Trinajstić information content (AvgIpc) is 2.75. The monoisotopic (exact) mass is 290 g/mol. The number of nitrogens with two attached hydrogens (primary N) is 1. The van der Waals surface area contributed by atoms with Gasteiger partial charge >= 0.3 is 0 Å². The summed E-state index contributed by atoms with van der Waals surface area (Å²) < 4.78 is 0. The molecule has 6 nitrogen and oxygen atoms in total. The fraction of sp³-hybridized carbons (Fsp3) is 0.833. The van der Waals surface area contributed by atoms with Crippen molar-refractivity contribution >= 4 is 24.2 Å². The van der Waals surface area contributed by atoms with Crippen LogP contribution in [0.3, 0.4) is 0 Å². The van der Waals surface area contributed by atoms with Crippen LogP contribution in [-0.2, 0) is 9.59 Å². The maximum atomic E-state index is 12.1. The van der Waals surface area contributed by atoms with E-state index in [1.165, 1.54) is 0 Å². The van der Waals surface area contributed by atoms with Gasteiger partial charge in [-0.1, -0.05) is 0 Å². The van der Waals surface area contributed by atoms with Gasteiger partial charge in [-0.05, 0) is 6.42 Å². The molecule has 2 amide bonds. The molecule has 2 rings (SSSR count). The Morgan fingerprint density at radius 1 is 1.11 bits per heavy atom. The molecule has 2 heterocycles. The lowest BCUT2D eigenvalue weighted by molar-refractivity contribution is -0.139. The predicted molar refractivity (Wildman–Crippen MR) is 75.1 cm³/mol. The molecule has 19 heavy (non-hydrogen) atoms. The van der Waals surface area contributed by atoms with Crippen LogP contribution in [0.1, 0.15) is 13.3 Å². The average molecular weight is 291 g/mol. The van der Waals surface area contributed by atoms with E-state index >= 15 is 0 Å². The van der Waals surface area contributed by atoms with Crippen molar-refractivity contribution in [2.75, 3.05) is 45.8 Å². The third kappa shape index (κ3) is 4.33. The van der Waals surface area contributed by atoms with E-state index in [1.807, 2.05) is 4.90 Å². The first-order valence-corrected chi connectivity index (χ1v) is 6.57. The van der Waals surface area contributed by atoms with Gasteiger partial charge in [0, 0.05) is 52.2 Å². The van der Waals surface area contributed by atoms with E-state index in [4.69, 9.17) is 5.73 Å². The summed E-state index contributed by atoms with van der Waals surface area (Å²) in [5.74, 6) is 0.250. The smallest absolute Gasteiger partial charge is 0.236 e. The Balaban J connectivity index is 0.00000180. The van der Waals surface area contributed by atoms with Gasteiger partial charge in [0.2, 0.25) is 11.8 Å². The van der Waals surface area contributed by atoms with Crippen LogP contribution in [-0.4, -0.2) is 78.4 Å². The van der Waals surface area contributed by atoms with Crippen molar-refractivity contribution in [3.8, 4) is 0 Å². The number of piperazine rings is 1. The summed E-state index contributed by atoms with van der Waals surface area (Å²) in [6, 6.07) is 0.215. The largest absolute Gasteiger partial charge is 0.339 e. The molecule has 0 radical (unpaired) electrons. The van der Waals surface area contributed by atoms with Crippen molar-refractivity contribution in [2.45, 2.75) is 19.4 Å².